The highest BCUT2D eigenvalue weighted by atomic mass is 16.6. The smallest absolute Gasteiger partial charge is 0.306 e. The number of hydrogen-bond acceptors (Lipinski definition) is 6. The molecular formula is C72H130O6. The van der Waals surface area contributed by atoms with Crippen LogP contribution < -0.4 is 0 Å². The third kappa shape index (κ3) is 63.9. The number of allylic oxidation sites excluding steroid dienone is 10. The van der Waals surface area contributed by atoms with Gasteiger partial charge in [0, 0.05) is 19.3 Å². The molecule has 0 aliphatic heterocycles. The van der Waals surface area contributed by atoms with Crippen LogP contribution in [0.1, 0.15) is 361 Å². The molecule has 0 heterocycles. The van der Waals surface area contributed by atoms with Crippen LogP contribution in [0.3, 0.4) is 0 Å². The van der Waals surface area contributed by atoms with Gasteiger partial charge < -0.3 is 14.2 Å². The second kappa shape index (κ2) is 66.6. The van der Waals surface area contributed by atoms with Crippen LogP contribution in [-0.2, 0) is 28.6 Å². The topological polar surface area (TPSA) is 78.9 Å². The van der Waals surface area contributed by atoms with Crippen LogP contribution in [0.4, 0.5) is 0 Å². The van der Waals surface area contributed by atoms with Gasteiger partial charge in [0.05, 0.1) is 0 Å². The maximum atomic E-state index is 12.9. The summed E-state index contributed by atoms with van der Waals surface area (Å²) in [4.78, 5) is 38.4. The average molecular weight is 1090 g/mol. The van der Waals surface area contributed by atoms with Crippen LogP contribution in [0.25, 0.3) is 0 Å². The van der Waals surface area contributed by atoms with Crippen molar-refractivity contribution >= 4 is 17.9 Å². The van der Waals surface area contributed by atoms with Crippen LogP contribution in [-0.4, -0.2) is 37.2 Å². The van der Waals surface area contributed by atoms with E-state index in [9.17, 15) is 14.4 Å². The molecule has 0 aromatic rings. The van der Waals surface area contributed by atoms with Gasteiger partial charge in [0.1, 0.15) is 13.2 Å². The summed E-state index contributed by atoms with van der Waals surface area (Å²) >= 11 is 0. The minimum absolute atomic E-state index is 0.0776. The highest BCUT2D eigenvalue weighted by Crippen LogP contribution is 2.18. The molecule has 78 heavy (non-hydrogen) atoms. The van der Waals surface area contributed by atoms with Crippen molar-refractivity contribution in [2.24, 2.45) is 0 Å². The first-order chi connectivity index (χ1) is 38.5. The molecule has 0 aromatic heterocycles. The quantitative estimate of drug-likeness (QED) is 0.0261. The molecule has 0 fully saturated rings. The van der Waals surface area contributed by atoms with E-state index in [4.69, 9.17) is 14.2 Å². The molecule has 0 amide bonds. The van der Waals surface area contributed by atoms with Crippen molar-refractivity contribution in [2.75, 3.05) is 13.2 Å². The normalized spacial score (nSPS) is 12.4. The minimum atomic E-state index is -0.781. The predicted molar refractivity (Wildman–Crippen MR) is 339 cm³/mol. The molecule has 0 bridgehead atoms. The molecule has 1 atom stereocenters. The Kier molecular flexibility index (Phi) is 64.2. The highest BCUT2D eigenvalue weighted by molar-refractivity contribution is 5.71. The molecular weight excluding hydrogens is 961 g/mol. The van der Waals surface area contributed by atoms with Crippen molar-refractivity contribution in [3.8, 4) is 0 Å². The summed E-state index contributed by atoms with van der Waals surface area (Å²) in [6.07, 6.45) is 85.3. The Balaban J connectivity index is 4.28. The van der Waals surface area contributed by atoms with E-state index in [1.54, 1.807) is 0 Å². The standard InChI is InChI=1S/C72H130O6/c1-4-7-10-13-16-19-22-25-27-29-31-33-35-36-37-39-40-42-44-47-50-53-56-59-62-65-71(74)77-68-69(67-76-70(73)64-61-58-55-52-49-46-24-21-18-15-12-9-6-3)78-72(75)66-63-60-57-54-51-48-45-43-41-38-34-32-30-28-26-23-20-17-14-11-8-5-2/h12,15,21-22,24-25,29,31,35-36,69H,4-11,13-14,16-20,23,26-28,30,32-34,37-68H2,1-3H3/b15-12-,24-21-,25-22-,31-29-,36-35-. The lowest BCUT2D eigenvalue weighted by atomic mass is 10.0. The zero-order valence-corrected chi connectivity index (χ0v) is 52.2. The van der Waals surface area contributed by atoms with E-state index in [0.29, 0.717) is 19.3 Å². The number of carbonyl (C=O) groups is 3. The van der Waals surface area contributed by atoms with Crippen molar-refractivity contribution < 1.29 is 28.6 Å². The Bertz CT molecular complexity index is 1390. The number of ether oxygens (including phenoxy) is 3. The van der Waals surface area contributed by atoms with Gasteiger partial charge in [0.2, 0.25) is 0 Å². The van der Waals surface area contributed by atoms with Gasteiger partial charge in [-0.3, -0.25) is 14.4 Å². The fourth-order valence-corrected chi connectivity index (χ4v) is 10.1. The molecule has 0 N–H and O–H groups in total. The maximum absolute atomic E-state index is 12.9. The van der Waals surface area contributed by atoms with Crippen molar-refractivity contribution in [3.63, 3.8) is 0 Å². The second-order valence-corrected chi connectivity index (χ2v) is 23.1. The Labute approximate surface area is 485 Å². The van der Waals surface area contributed by atoms with Crippen LogP contribution in [0.5, 0.6) is 0 Å². The van der Waals surface area contributed by atoms with Gasteiger partial charge in [-0.2, -0.15) is 0 Å². The van der Waals surface area contributed by atoms with Crippen molar-refractivity contribution in [1.82, 2.24) is 0 Å². The lowest BCUT2D eigenvalue weighted by Gasteiger charge is -2.18. The van der Waals surface area contributed by atoms with Gasteiger partial charge in [-0.15, -0.1) is 0 Å². The van der Waals surface area contributed by atoms with E-state index >= 15 is 0 Å². The van der Waals surface area contributed by atoms with E-state index in [0.717, 1.165) is 96.3 Å². The summed E-state index contributed by atoms with van der Waals surface area (Å²) in [6.45, 7) is 6.61. The van der Waals surface area contributed by atoms with Gasteiger partial charge in [-0.25, -0.2) is 0 Å². The first-order valence-corrected chi connectivity index (χ1v) is 34.3. The van der Waals surface area contributed by atoms with Gasteiger partial charge >= 0.3 is 17.9 Å². The van der Waals surface area contributed by atoms with E-state index < -0.39 is 6.10 Å². The zero-order chi connectivity index (χ0) is 56.4. The molecule has 454 valence electrons. The summed E-state index contributed by atoms with van der Waals surface area (Å²) in [6, 6.07) is 0. The molecule has 6 heteroatoms. The summed E-state index contributed by atoms with van der Waals surface area (Å²) in [5.41, 5.74) is 0. The number of hydrogen-bond donors (Lipinski definition) is 0. The Morgan fingerprint density at radius 1 is 0.256 bits per heavy atom. The first kappa shape index (κ1) is 75.1. The Hall–Kier alpha value is -2.89. The number of esters is 3. The molecule has 0 saturated heterocycles. The molecule has 0 aromatic carbocycles. The monoisotopic (exact) mass is 1090 g/mol. The fraction of sp³-hybridized carbons (Fsp3) is 0.819. The molecule has 0 aliphatic carbocycles. The highest BCUT2D eigenvalue weighted by Gasteiger charge is 2.19. The van der Waals surface area contributed by atoms with Gasteiger partial charge in [0.25, 0.3) is 0 Å². The molecule has 1 unspecified atom stereocenters. The Morgan fingerprint density at radius 3 is 0.769 bits per heavy atom. The number of unbranched alkanes of at least 4 members (excludes halogenated alkanes) is 42. The van der Waals surface area contributed by atoms with E-state index in [-0.39, 0.29) is 31.1 Å². The predicted octanol–water partition coefficient (Wildman–Crippen LogP) is 23.5. The Morgan fingerprint density at radius 2 is 0.487 bits per heavy atom. The molecule has 0 radical (unpaired) electrons. The molecule has 0 saturated carbocycles. The van der Waals surface area contributed by atoms with Crippen LogP contribution in [0.2, 0.25) is 0 Å². The molecule has 6 nitrogen and oxygen atoms in total. The van der Waals surface area contributed by atoms with Gasteiger partial charge in [-0.1, -0.05) is 319 Å². The van der Waals surface area contributed by atoms with Crippen molar-refractivity contribution in [3.05, 3.63) is 60.8 Å². The molecule has 0 aliphatic rings. The summed E-state index contributed by atoms with van der Waals surface area (Å²) < 4.78 is 17.0. The average Bonchev–Trinajstić information content (AvgIpc) is 3.44. The van der Waals surface area contributed by atoms with E-state index in [1.165, 1.54) is 225 Å². The van der Waals surface area contributed by atoms with Gasteiger partial charge in [0.15, 0.2) is 6.10 Å². The lowest BCUT2D eigenvalue weighted by molar-refractivity contribution is -0.167. The summed E-state index contributed by atoms with van der Waals surface area (Å²) in [5, 5.41) is 0. The maximum Gasteiger partial charge on any atom is 0.306 e. The number of rotatable bonds is 63. The lowest BCUT2D eigenvalue weighted by Crippen LogP contribution is -2.30. The van der Waals surface area contributed by atoms with Crippen LogP contribution in [0, 0.1) is 0 Å². The summed E-state index contributed by atoms with van der Waals surface area (Å²) in [5.74, 6) is -0.874. The molecule has 0 rings (SSSR count). The zero-order valence-electron chi connectivity index (χ0n) is 52.2. The third-order valence-corrected chi connectivity index (χ3v) is 15.2. The SMILES string of the molecule is CCC/C=C\C/C=C\CCCCCCCC(=O)OCC(COC(=O)CCCCCCCCCCCC/C=C\C/C=C\C/C=C\CCCCCCC)OC(=O)CCCCCCCCCCCCCCCCCCCCCCCC. The van der Waals surface area contributed by atoms with E-state index in [1.807, 2.05) is 0 Å². The van der Waals surface area contributed by atoms with Crippen molar-refractivity contribution in [1.29, 1.82) is 0 Å². The van der Waals surface area contributed by atoms with E-state index in [2.05, 4.69) is 81.5 Å². The van der Waals surface area contributed by atoms with Gasteiger partial charge in [-0.05, 0) is 83.5 Å². The van der Waals surface area contributed by atoms with Crippen LogP contribution >= 0.6 is 0 Å². The van der Waals surface area contributed by atoms with Crippen LogP contribution in [0.15, 0.2) is 60.8 Å². The second-order valence-electron chi connectivity index (χ2n) is 23.1. The minimum Gasteiger partial charge on any atom is -0.462 e. The summed E-state index contributed by atoms with van der Waals surface area (Å²) in [7, 11) is 0. The first-order valence-electron chi connectivity index (χ1n) is 34.3. The largest absolute Gasteiger partial charge is 0.462 e. The fourth-order valence-electron chi connectivity index (χ4n) is 10.1. The third-order valence-electron chi connectivity index (χ3n) is 15.2. The number of carbonyl (C=O) groups excluding carboxylic acids is 3. The van der Waals surface area contributed by atoms with Crippen molar-refractivity contribution in [2.45, 2.75) is 367 Å². The molecule has 0 spiro atoms.